The zero-order valence-corrected chi connectivity index (χ0v) is 19.5. The lowest BCUT2D eigenvalue weighted by atomic mass is 10.2. The molecule has 11 heteroatoms. The summed E-state index contributed by atoms with van der Waals surface area (Å²) in [7, 11) is -4.15. The van der Waals surface area contributed by atoms with Gasteiger partial charge in [-0.1, -0.05) is 29.3 Å². The van der Waals surface area contributed by atoms with Crippen LogP contribution < -0.4 is 4.31 Å². The van der Waals surface area contributed by atoms with Gasteiger partial charge in [-0.05, 0) is 49.4 Å². The van der Waals surface area contributed by atoms with E-state index in [4.69, 9.17) is 32.4 Å². The molecule has 0 N–H and O–H groups in total. The van der Waals surface area contributed by atoms with Crippen LogP contribution in [0.3, 0.4) is 0 Å². The summed E-state index contributed by atoms with van der Waals surface area (Å²) in [6.07, 6.45) is 0.609. The number of rotatable bonds is 8. The Kier molecular flexibility index (Phi) is 7.22. The minimum absolute atomic E-state index is 0.00859. The van der Waals surface area contributed by atoms with Gasteiger partial charge in [0, 0.05) is 11.9 Å². The van der Waals surface area contributed by atoms with Crippen molar-refractivity contribution < 1.29 is 22.4 Å². The smallest absolute Gasteiger partial charge is 0.338 e. The SMILES string of the molecule is C=CCN(c1ccc(Cl)cc1)S(=O)(=O)c1cc(C(=O)OC(C)c2nnc(C)o2)ccc1Cl. The molecule has 1 unspecified atom stereocenters. The maximum absolute atomic E-state index is 13.4. The molecule has 0 radical (unpaired) electrons. The number of aromatic nitrogens is 2. The molecule has 3 rings (SSSR count). The van der Waals surface area contributed by atoms with E-state index in [1.54, 1.807) is 38.1 Å². The van der Waals surface area contributed by atoms with Crippen LogP contribution in [0.25, 0.3) is 0 Å². The van der Waals surface area contributed by atoms with Gasteiger partial charge in [0.15, 0.2) is 6.10 Å². The predicted molar refractivity (Wildman–Crippen MR) is 120 cm³/mol. The van der Waals surface area contributed by atoms with Gasteiger partial charge >= 0.3 is 5.97 Å². The summed E-state index contributed by atoms with van der Waals surface area (Å²) in [5.74, 6) is -0.326. The average molecular weight is 496 g/mol. The molecule has 0 amide bonds. The number of anilines is 1. The van der Waals surface area contributed by atoms with Crippen molar-refractivity contribution in [3.8, 4) is 0 Å². The summed E-state index contributed by atoms with van der Waals surface area (Å²) in [6, 6.07) is 10.1. The van der Waals surface area contributed by atoms with Gasteiger partial charge in [-0.3, -0.25) is 4.31 Å². The van der Waals surface area contributed by atoms with E-state index in [9.17, 15) is 13.2 Å². The van der Waals surface area contributed by atoms with Crippen molar-refractivity contribution in [2.24, 2.45) is 0 Å². The van der Waals surface area contributed by atoms with Crippen LogP contribution in [0.1, 0.15) is 35.2 Å². The third kappa shape index (κ3) is 5.12. The number of sulfonamides is 1. The highest BCUT2D eigenvalue weighted by Crippen LogP contribution is 2.30. The van der Waals surface area contributed by atoms with Crippen molar-refractivity contribution in [2.75, 3.05) is 10.8 Å². The molecule has 0 aliphatic heterocycles. The Morgan fingerprint density at radius 3 is 2.50 bits per heavy atom. The molecule has 3 aromatic rings. The largest absolute Gasteiger partial charge is 0.449 e. The maximum Gasteiger partial charge on any atom is 0.338 e. The van der Waals surface area contributed by atoms with E-state index in [1.165, 1.54) is 18.2 Å². The standard InChI is InChI=1S/C21H19Cl2N3O5S/c1-4-11-26(17-8-6-16(22)7-9-17)32(28,29)19-12-15(5-10-18(19)23)21(27)30-13(2)20-25-24-14(3)31-20/h4-10,12-13H,1,11H2,2-3H3. The van der Waals surface area contributed by atoms with Gasteiger partial charge in [-0.15, -0.1) is 16.8 Å². The van der Waals surface area contributed by atoms with Gasteiger partial charge in [0.2, 0.25) is 5.89 Å². The number of ether oxygens (including phenoxy) is 1. The molecule has 32 heavy (non-hydrogen) atoms. The summed E-state index contributed by atoms with van der Waals surface area (Å²) in [5, 5.41) is 7.91. The number of esters is 1. The lowest BCUT2D eigenvalue weighted by Gasteiger charge is -2.24. The van der Waals surface area contributed by atoms with Crippen molar-refractivity contribution in [3.63, 3.8) is 0 Å². The van der Waals surface area contributed by atoms with Crippen LogP contribution in [-0.4, -0.2) is 31.1 Å². The molecule has 1 heterocycles. The van der Waals surface area contributed by atoms with Crippen LogP contribution in [0.4, 0.5) is 5.69 Å². The molecule has 0 spiro atoms. The molecule has 0 fully saturated rings. The Balaban J connectivity index is 1.94. The fourth-order valence-electron chi connectivity index (χ4n) is 2.77. The Morgan fingerprint density at radius 1 is 1.22 bits per heavy atom. The van der Waals surface area contributed by atoms with E-state index in [0.29, 0.717) is 16.6 Å². The molecule has 0 saturated heterocycles. The van der Waals surface area contributed by atoms with Crippen LogP contribution >= 0.6 is 23.2 Å². The van der Waals surface area contributed by atoms with E-state index < -0.39 is 22.1 Å². The van der Waals surface area contributed by atoms with Gasteiger partial charge in [0.1, 0.15) is 4.90 Å². The molecular weight excluding hydrogens is 477 g/mol. The third-order valence-electron chi connectivity index (χ3n) is 4.32. The zero-order chi connectivity index (χ0) is 23.5. The lowest BCUT2D eigenvalue weighted by molar-refractivity contribution is 0.0276. The first-order valence-corrected chi connectivity index (χ1v) is 11.5. The second-order valence-corrected chi connectivity index (χ2v) is 9.33. The number of benzene rings is 2. The molecular formula is C21H19Cl2N3O5S. The quantitative estimate of drug-likeness (QED) is 0.320. The first-order chi connectivity index (χ1) is 15.1. The van der Waals surface area contributed by atoms with Gasteiger partial charge in [0.25, 0.3) is 15.9 Å². The van der Waals surface area contributed by atoms with Crippen LogP contribution in [0.2, 0.25) is 10.0 Å². The Morgan fingerprint density at radius 2 is 1.91 bits per heavy atom. The maximum atomic E-state index is 13.4. The Bertz CT molecular complexity index is 1240. The van der Waals surface area contributed by atoms with Crippen LogP contribution in [0.5, 0.6) is 0 Å². The molecule has 0 bridgehead atoms. The van der Waals surface area contributed by atoms with Gasteiger partial charge in [-0.2, -0.15) is 0 Å². The van der Waals surface area contributed by atoms with Crippen molar-refractivity contribution in [2.45, 2.75) is 24.8 Å². The van der Waals surface area contributed by atoms with Gasteiger partial charge < -0.3 is 9.15 Å². The molecule has 1 aromatic heterocycles. The summed E-state index contributed by atoms with van der Waals surface area (Å²) in [6.45, 7) is 6.77. The number of carbonyl (C=O) groups excluding carboxylic acids is 1. The Hall–Kier alpha value is -2.88. The lowest BCUT2D eigenvalue weighted by Crippen LogP contribution is -2.31. The van der Waals surface area contributed by atoms with Crippen molar-refractivity contribution >= 4 is 44.9 Å². The minimum atomic E-state index is -4.15. The van der Waals surface area contributed by atoms with Crippen LogP contribution in [0, 0.1) is 6.92 Å². The van der Waals surface area contributed by atoms with E-state index in [-0.39, 0.29) is 27.9 Å². The van der Waals surface area contributed by atoms with E-state index in [0.717, 1.165) is 10.4 Å². The fraction of sp³-hybridized carbons (Fsp3) is 0.190. The van der Waals surface area contributed by atoms with Gasteiger partial charge in [0.05, 0.1) is 22.8 Å². The van der Waals surface area contributed by atoms with Crippen LogP contribution in [0.15, 0.2) is 64.4 Å². The highest BCUT2D eigenvalue weighted by molar-refractivity contribution is 7.93. The van der Waals surface area contributed by atoms with E-state index in [2.05, 4.69) is 16.8 Å². The normalized spacial score (nSPS) is 12.2. The average Bonchev–Trinajstić information content (AvgIpc) is 3.19. The van der Waals surface area contributed by atoms with Crippen LogP contribution in [-0.2, 0) is 14.8 Å². The van der Waals surface area contributed by atoms with Crippen molar-refractivity contribution in [1.82, 2.24) is 10.2 Å². The number of nitrogens with zero attached hydrogens (tertiary/aromatic N) is 3. The highest BCUT2D eigenvalue weighted by atomic mass is 35.5. The molecule has 0 aliphatic rings. The Labute approximate surface area is 195 Å². The van der Waals surface area contributed by atoms with Gasteiger partial charge in [-0.25, -0.2) is 13.2 Å². The summed E-state index contributed by atoms with van der Waals surface area (Å²) >= 11 is 12.1. The molecule has 8 nitrogen and oxygen atoms in total. The minimum Gasteiger partial charge on any atom is -0.449 e. The first-order valence-electron chi connectivity index (χ1n) is 9.33. The summed E-state index contributed by atoms with van der Waals surface area (Å²) < 4.78 is 38.5. The molecule has 0 aliphatic carbocycles. The molecule has 168 valence electrons. The topological polar surface area (TPSA) is 103 Å². The fourth-order valence-corrected chi connectivity index (χ4v) is 4.83. The first kappa shape index (κ1) is 23.8. The summed E-state index contributed by atoms with van der Waals surface area (Å²) in [4.78, 5) is 12.4. The number of hydrogen-bond acceptors (Lipinski definition) is 7. The second-order valence-electron chi connectivity index (χ2n) is 6.65. The van der Waals surface area contributed by atoms with Crippen molar-refractivity contribution in [3.05, 3.63) is 82.5 Å². The third-order valence-corrected chi connectivity index (χ3v) is 6.85. The van der Waals surface area contributed by atoms with E-state index >= 15 is 0 Å². The number of carbonyl (C=O) groups is 1. The summed E-state index contributed by atoms with van der Waals surface area (Å²) in [5.41, 5.74) is 0.351. The monoisotopic (exact) mass is 495 g/mol. The second kappa shape index (κ2) is 9.72. The van der Waals surface area contributed by atoms with E-state index in [1.807, 2.05) is 0 Å². The molecule has 1 atom stereocenters. The zero-order valence-electron chi connectivity index (χ0n) is 17.2. The van der Waals surface area contributed by atoms with Crippen molar-refractivity contribution in [1.29, 1.82) is 0 Å². The molecule has 2 aromatic carbocycles. The molecule has 0 saturated carbocycles. The predicted octanol–water partition coefficient (Wildman–Crippen LogP) is 4.98. The number of hydrogen-bond donors (Lipinski definition) is 0. The number of aryl methyl sites for hydroxylation is 1. The highest BCUT2D eigenvalue weighted by Gasteiger charge is 2.28. The number of halogens is 2.